The van der Waals surface area contributed by atoms with Crippen molar-refractivity contribution in [3.05, 3.63) is 11.8 Å². The highest BCUT2D eigenvalue weighted by Gasteiger charge is 2.15. The first kappa shape index (κ1) is 15.2. The Morgan fingerprint density at radius 1 is 1.47 bits per heavy atom. The molecule has 0 bridgehead atoms. The van der Waals surface area contributed by atoms with Gasteiger partial charge in [0.15, 0.2) is 0 Å². The SMILES string of the molecule is CCCOc1cc(C)nc(NCC(CC)C(=O)O)n1. The number of ether oxygens (including phenoxy) is 1. The maximum Gasteiger partial charge on any atom is 0.308 e. The molecule has 0 radical (unpaired) electrons. The summed E-state index contributed by atoms with van der Waals surface area (Å²) in [7, 11) is 0. The predicted octanol–water partition coefficient (Wildman–Crippen LogP) is 2.10. The van der Waals surface area contributed by atoms with Gasteiger partial charge in [0.25, 0.3) is 0 Å². The molecule has 0 fully saturated rings. The molecule has 0 saturated heterocycles. The van der Waals surface area contributed by atoms with Gasteiger partial charge >= 0.3 is 5.97 Å². The molecule has 0 aliphatic heterocycles. The number of rotatable bonds is 8. The topological polar surface area (TPSA) is 84.3 Å². The Kier molecular flexibility index (Phi) is 6.05. The van der Waals surface area contributed by atoms with Crippen LogP contribution in [0.2, 0.25) is 0 Å². The number of hydrogen-bond acceptors (Lipinski definition) is 5. The number of anilines is 1. The van der Waals surface area contributed by atoms with Crippen LogP contribution in [0.1, 0.15) is 32.4 Å². The van der Waals surface area contributed by atoms with Crippen molar-refractivity contribution >= 4 is 11.9 Å². The molecule has 6 heteroatoms. The lowest BCUT2D eigenvalue weighted by molar-refractivity contribution is -0.141. The highest BCUT2D eigenvalue weighted by atomic mass is 16.5. The molecule has 106 valence electrons. The third kappa shape index (κ3) is 5.11. The molecule has 1 rings (SSSR count). The summed E-state index contributed by atoms with van der Waals surface area (Å²) in [6, 6.07) is 1.76. The Morgan fingerprint density at radius 2 is 2.21 bits per heavy atom. The van der Waals surface area contributed by atoms with E-state index in [0.717, 1.165) is 12.1 Å². The maximum atomic E-state index is 10.9. The summed E-state index contributed by atoms with van der Waals surface area (Å²) >= 11 is 0. The quantitative estimate of drug-likeness (QED) is 0.750. The van der Waals surface area contributed by atoms with Crippen molar-refractivity contribution in [3.63, 3.8) is 0 Å². The molecule has 1 aromatic heterocycles. The normalized spacial score (nSPS) is 11.9. The number of aliphatic carboxylic acids is 1. The second-order valence-electron chi connectivity index (χ2n) is 4.34. The van der Waals surface area contributed by atoms with E-state index in [1.807, 2.05) is 20.8 Å². The Labute approximate surface area is 113 Å². The number of nitrogens with one attached hydrogen (secondary N) is 1. The van der Waals surface area contributed by atoms with Crippen molar-refractivity contribution in [3.8, 4) is 5.88 Å². The van der Waals surface area contributed by atoms with Gasteiger partial charge in [-0.2, -0.15) is 4.98 Å². The molecule has 0 aliphatic rings. The smallest absolute Gasteiger partial charge is 0.308 e. The highest BCUT2D eigenvalue weighted by Crippen LogP contribution is 2.13. The molecule has 1 heterocycles. The molecule has 19 heavy (non-hydrogen) atoms. The fourth-order valence-corrected chi connectivity index (χ4v) is 1.52. The predicted molar refractivity (Wildman–Crippen MR) is 72.5 cm³/mol. The molecule has 0 amide bonds. The number of carbonyl (C=O) groups is 1. The van der Waals surface area contributed by atoms with Crippen LogP contribution in [0.4, 0.5) is 5.95 Å². The van der Waals surface area contributed by atoms with Gasteiger partial charge in [-0.05, 0) is 19.8 Å². The molecule has 1 aromatic rings. The van der Waals surface area contributed by atoms with Crippen molar-refractivity contribution in [2.24, 2.45) is 5.92 Å². The average molecular weight is 267 g/mol. The van der Waals surface area contributed by atoms with Crippen LogP contribution in [0.3, 0.4) is 0 Å². The van der Waals surface area contributed by atoms with Gasteiger partial charge in [0.1, 0.15) is 0 Å². The van der Waals surface area contributed by atoms with Crippen molar-refractivity contribution in [1.82, 2.24) is 9.97 Å². The average Bonchev–Trinajstić information content (AvgIpc) is 2.36. The van der Waals surface area contributed by atoms with Crippen LogP contribution in [0.5, 0.6) is 5.88 Å². The zero-order valence-corrected chi connectivity index (χ0v) is 11.6. The second kappa shape index (κ2) is 7.56. The largest absolute Gasteiger partial charge is 0.481 e. The summed E-state index contributed by atoms with van der Waals surface area (Å²) in [5, 5.41) is 11.9. The summed E-state index contributed by atoms with van der Waals surface area (Å²) in [4.78, 5) is 19.3. The third-order valence-corrected chi connectivity index (χ3v) is 2.63. The number of aryl methyl sites for hydroxylation is 1. The molecule has 1 unspecified atom stereocenters. The van der Waals surface area contributed by atoms with E-state index in [1.165, 1.54) is 0 Å². The number of aromatic nitrogens is 2. The van der Waals surface area contributed by atoms with Crippen LogP contribution in [0.25, 0.3) is 0 Å². The van der Waals surface area contributed by atoms with Crippen LogP contribution in [-0.2, 0) is 4.79 Å². The summed E-state index contributed by atoms with van der Waals surface area (Å²) in [6.45, 7) is 6.62. The van der Waals surface area contributed by atoms with E-state index < -0.39 is 11.9 Å². The minimum absolute atomic E-state index is 0.308. The van der Waals surface area contributed by atoms with Gasteiger partial charge < -0.3 is 15.2 Å². The molecular weight excluding hydrogens is 246 g/mol. The molecule has 2 N–H and O–H groups in total. The van der Waals surface area contributed by atoms with Gasteiger partial charge in [0, 0.05) is 18.3 Å². The zero-order chi connectivity index (χ0) is 14.3. The molecule has 0 spiro atoms. The van der Waals surface area contributed by atoms with Gasteiger partial charge in [-0.3, -0.25) is 4.79 Å². The Morgan fingerprint density at radius 3 is 2.79 bits per heavy atom. The van der Waals surface area contributed by atoms with Gasteiger partial charge in [0.05, 0.1) is 12.5 Å². The standard InChI is InChI=1S/C13H21N3O3/c1-4-6-19-11-7-9(3)15-13(16-11)14-8-10(5-2)12(17)18/h7,10H,4-6,8H2,1-3H3,(H,17,18)(H,14,15,16). The summed E-state index contributed by atoms with van der Waals surface area (Å²) in [6.07, 6.45) is 1.47. The van der Waals surface area contributed by atoms with Crippen LogP contribution in [0, 0.1) is 12.8 Å². The second-order valence-corrected chi connectivity index (χ2v) is 4.34. The summed E-state index contributed by atoms with van der Waals surface area (Å²) < 4.78 is 5.45. The molecule has 0 aliphatic carbocycles. The molecule has 0 saturated carbocycles. The van der Waals surface area contributed by atoms with E-state index in [4.69, 9.17) is 9.84 Å². The molecule has 1 atom stereocenters. The van der Waals surface area contributed by atoms with E-state index in [2.05, 4.69) is 15.3 Å². The van der Waals surface area contributed by atoms with Crippen molar-refractivity contribution in [1.29, 1.82) is 0 Å². The van der Waals surface area contributed by atoms with Crippen molar-refractivity contribution in [2.45, 2.75) is 33.6 Å². The van der Waals surface area contributed by atoms with E-state index in [1.54, 1.807) is 6.07 Å². The monoisotopic (exact) mass is 267 g/mol. The Bertz CT molecular complexity index is 424. The van der Waals surface area contributed by atoms with Gasteiger partial charge in [0.2, 0.25) is 11.8 Å². The maximum absolute atomic E-state index is 10.9. The van der Waals surface area contributed by atoms with Crippen LogP contribution >= 0.6 is 0 Å². The Balaban J connectivity index is 2.67. The van der Waals surface area contributed by atoms with E-state index in [-0.39, 0.29) is 0 Å². The lowest BCUT2D eigenvalue weighted by atomic mass is 10.1. The molecular formula is C13H21N3O3. The molecule has 0 aromatic carbocycles. The lowest BCUT2D eigenvalue weighted by Gasteiger charge is -2.12. The third-order valence-electron chi connectivity index (χ3n) is 2.63. The first-order chi connectivity index (χ1) is 9.06. The number of carboxylic acids is 1. The first-order valence-corrected chi connectivity index (χ1v) is 6.52. The zero-order valence-electron chi connectivity index (χ0n) is 11.6. The minimum Gasteiger partial charge on any atom is -0.481 e. The van der Waals surface area contributed by atoms with E-state index >= 15 is 0 Å². The highest BCUT2D eigenvalue weighted by molar-refractivity contribution is 5.70. The summed E-state index contributed by atoms with van der Waals surface area (Å²) in [5.74, 6) is -0.333. The van der Waals surface area contributed by atoms with Crippen molar-refractivity contribution < 1.29 is 14.6 Å². The summed E-state index contributed by atoms with van der Waals surface area (Å²) in [5.41, 5.74) is 0.784. The lowest BCUT2D eigenvalue weighted by Crippen LogP contribution is -2.23. The van der Waals surface area contributed by atoms with Gasteiger partial charge in [-0.15, -0.1) is 0 Å². The van der Waals surface area contributed by atoms with E-state index in [9.17, 15) is 4.79 Å². The number of hydrogen-bond donors (Lipinski definition) is 2. The van der Waals surface area contributed by atoms with Crippen LogP contribution < -0.4 is 10.1 Å². The van der Waals surface area contributed by atoms with Crippen molar-refractivity contribution in [2.75, 3.05) is 18.5 Å². The first-order valence-electron chi connectivity index (χ1n) is 6.52. The van der Waals surface area contributed by atoms with E-state index in [0.29, 0.717) is 31.4 Å². The fraction of sp³-hybridized carbons (Fsp3) is 0.615. The van der Waals surface area contributed by atoms with Crippen LogP contribution in [0.15, 0.2) is 6.07 Å². The van der Waals surface area contributed by atoms with Crippen LogP contribution in [-0.4, -0.2) is 34.2 Å². The number of nitrogens with zero attached hydrogens (tertiary/aromatic N) is 2. The minimum atomic E-state index is -0.815. The fourth-order valence-electron chi connectivity index (χ4n) is 1.52. The molecule has 6 nitrogen and oxygen atoms in total. The van der Waals surface area contributed by atoms with Gasteiger partial charge in [-0.25, -0.2) is 4.98 Å². The van der Waals surface area contributed by atoms with Gasteiger partial charge in [-0.1, -0.05) is 13.8 Å². The Hall–Kier alpha value is -1.85. The number of carboxylic acid groups (broad SMARTS) is 1.